The minimum absolute atomic E-state index is 0. The molecule has 0 saturated carbocycles. The number of hydrogen-bond acceptors (Lipinski definition) is 3. The topological polar surface area (TPSA) is 59.0 Å². The highest BCUT2D eigenvalue weighted by Crippen LogP contribution is 2.08. The average Bonchev–Trinajstić information content (AvgIpc) is 2.81. The molecule has 0 radical (unpaired) electrons. The number of carbonyl (C=O) groups is 1. The third-order valence-electron chi connectivity index (χ3n) is 2.74. The molecule has 20 heavy (non-hydrogen) atoms. The Labute approximate surface area is 128 Å². The van der Waals surface area contributed by atoms with Crippen molar-refractivity contribution >= 4 is 11.7 Å². The maximum Gasteiger partial charge on any atom is 0.225 e. The van der Waals surface area contributed by atoms with E-state index in [-0.39, 0.29) is 22.9 Å². The van der Waals surface area contributed by atoms with Crippen LogP contribution in [-0.2, 0) is 11.3 Å². The third kappa shape index (κ3) is 5.52. The fourth-order valence-corrected chi connectivity index (χ4v) is 1.79. The minimum Gasteiger partial charge on any atom is -1.00 e. The first-order valence-corrected chi connectivity index (χ1v) is 6.41. The van der Waals surface area contributed by atoms with Crippen molar-refractivity contribution in [3.63, 3.8) is 0 Å². The standard InChI is InChI=1S/C14H17N3O2.BrH/c1-12-11-13(16-19-12)15-14(18)7-3-6-10-17-8-4-2-5-9-17;/h2,4-5,8-9,11H,3,6-7,10H2,1H3;1H. The summed E-state index contributed by atoms with van der Waals surface area (Å²) in [6.45, 7) is 2.72. The van der Waals surface area contributed by atoms with Crippen molar-refractivity contribution in [1.82, 2.24) is 5.16 Å². The van der Waals surface area contributed by atoms with Crippen LogP contribution in [-0.4, -0.2) is 11.1 Å². The summed E-state index contributed by atoms with van der Waals surface area (Å²) in [5.41, 5.74) is 0. The number of hydrogen-bond donors (Lipinski definition) is 1. The third-order valence-corrected chi connectivity index (χ3v) is 2.74. The molecule has 2 aromatic rings. The molecule has 0 fully saturated rings. The van der Waals surface area contributed by atoms with E-state index in [1.54, 1.807) is 13.0 Å². The zero-order valence-corrected chi connectivity index (χ0v) is 13.0. The van der Waals surface area contributed by atoms with Crippen LogP contribution in [0.4, 0.5) is 5.82 Å². The second-order valence-corrected chi connectivity index (χ2v) is 4.44. The fourth-order valence-electron chi connectivity index (χ4n) is 1.79. The normalized spacial score (nSPS) is 9.85. The summed E-state index contributed by atoms with van der Waals surface area (Å²) in [4.78, 5) is 11.6. The molecule has 0 atom stereocenters. The van der Waals surface area contributed by atoms with Gasteiger partial charge in [0.05, 0.1) is 0 Å². The van der Waals surface area contributed by atoms with Gasteiger partial charge in [-0.05, 0) is 13.3 Å². The van der Waals surface area contributed by atoms with E-state index in [0.717, 1.165) is 19.4 Å². The van der Waals surface area contributed by atoms with Gasteiger partial charge < -0.3 is 26.8 Å². The molecule has 0 saturated heterocycles. The molecule has 6 heteroatoms. The van der Waals surface area contributed by atoms with Crippen LogP contribution in [0.5, 0.6) is 0 Å². The van der Waals surface area contributed by atoms with E-state index >= 15 is 0 Å². The number of unbranched alkanes of at least 4 members (excludes halogenated alkanes) is 1. The molecule has 0 aliphatic carbocycles. The van der Waals surface area contributed by atoms with Gasteiger partial charge in [0.15, 0.2) is 18.2 Å². The number of pyridine rings is 1. The monoisotopic (exact) mass is 339 g/mol. The summed E-state index contributed by atoms with van der Waals surface area (Å²) in [5, 5.41) is 6.43. The molecule has 0 unspecified atom stereocenters. The van der Waals surface area contributed by atoms with E-state index in [9.17, 15) is 4.79 Å². The van der Waals surface area contributed by atoms with E-state index in [2.05, 4.69) is 15.0 Å². The molecular weight excluding hydrogens is 322 g/mol. The molecular formula is C14H18BrN3O2. The number of nitrogens with one attached hydrogen (secondary N) is 1. The molecule has 0 bridgehead atoms. The smallest absolute Gasteiger partial charge is 0.225 e. The number of amides is 1. The second kappa shape index (κ2) is 8.47. The lowest BCUT2D eigenvalue weighted by Crippen LogP contribution is -3.00. The highest BCUT2D eigenvalue weighted by atomic mass is 79.9. The maximum absolute atomic E-state index is 11.6. The van der Waals surface area contributed by atoms with E-state index in [1.807, 2.05) is 30.6 Å². The van der Waals surface area contributed by atoms with Crippen LogP contribution in [0.1, 0.15) is 25.0 Å². The van der Waals surface area contributed by atoms with Crippen LogP contribution in [0.2, 0.25) is 0 Å². The first-order chi connectivity index (χ1) is 9.24. The van der Waals surface area contributed by atoms with Crippen molar-refractivity contribution in [2.75, 3.05) is 5.32 Å². The van der Waals surface area contributed by atoms with Crippen molar-refractivity contribution in [2.45, 2.75) is 32.7 Å². The summed E-state index contributed by atoms with van der Waals surface area (Å²) >= 11 is 0. The van der Waals surface area contributed by atoms with Crippen LogP contribution in [0.15, 0.2) is 41.2 Å². The molecule has 0 aliphatic heterocycles. The lowest BCUT2D eigenvalue weighted by molar-refractivity contribution is -0.697. The van der Waals surface area contributed by atoms with Crippen LogP contribution in [0, 0.1) is 6.92 Å². The van der Waals surface area contributed by atoms with Gasteiger partial charge in [-0.25, -0.2) is 4.57 Å². The minimum atomic E-state index is -0.0219. The van der Waals surface area contributed by atoms with E-state index in [0.29, 0.717) is 18.0 Å². The molecule has 0 aromatic carbocycles. The van der Waals surface area contributed by atoms with Crippen molar-refractivity contribution in [2.24, 2.45) is 0 Å². The van der Waals surface area contributed by atoms with Crippen molar-refractivity contribution < 1.29 is 30.9 Å². The Balaban J connectivity index is 0.00000200. The number of nitrogens with zero attached hydrogens (tertiary/aromatic N) is 2. The number of carbonyl (C=O) groups excluding carboxylic acids is 1. The molecule has 2 rings (SSSR count). The van der Waals surface area contributed by atoms with Crippen LogP contribution in [0.25, 0.3) is 0 Å². The molecule has 2 heterocycles. The number of aryl methyl sites for hydroxylation is 2. The van der Waals surface area contributed by atoms with Gasteiger partial charge in [0.25, 0.3) is 0 Å². The molecule has 0 spiro atoms. The maximum atomic E-state index is 11.6. The Bertz CT molecular complexity index is 528. The molecule has 0 aliphatic rings. The van der Waals surface area contributed by atoms with Gasteiger partial charge in [0.2, 0.25) is 5.91 Å². The molecule has 2 aromatic heterocycles. The van der Waals surface area contributed by atoms with Gasteiger partial charge in [-0.1, -0.05) is 11.2 Å². The number of aromatic nitrogens is 2. The van der Waals surface area contributed by atoms with E-state index in [4.69, 9.17) is 4.52 Å². The summed E-state index contributed by atoms with van der Waals surface area (Å²) in [5.74, 6) is 1.15. The van der Waals surface area contributed by atoms with Gasteiger partial charge in [-0.15, -0.1) is 0 Å². The SMILES string of the molecule is Cc1cc(NC(=O)CCCC[n+]2ccccc2)no1.[Br-]. The van der Waals surface area contributed by atoms with Crippen molar-refractivity contribution in [3.05, 3.63) is 42.4 Å². The zero-order chi connectivity index (χ0) is 13.5. The summed E-state index contributed by atoms with van der Waals surface area (Å²) in [6, 6.07) is 7.70. The predicted octanol–water partition coefficient (Wildman–Crippen LogP) is -0.916. The Morgan fingerprint density at radius 3 is 2.70 bits per heavy atom. The number of anilines is 1. The van der Waals surface area contributed by atoms with E-state index in [1.165, 1.54) is 0 Å². The lowest BCUT2D eigenvalue weighted by Gasteiger charge is -2.00. The second-order valence-electron chi connectivity index (χ2n) is 4.44. The van der Waals surface area contributed by atoms with Gasteiger partial charge >= 0.3 is 0 Å². The molecule has 108 valence electrons. The number of halogens is 1. The zero-order valence-electron chi connectivity index (χ0n) is 11.4. The largest absolute Gasteiger partial charge is 1.00 e. The van der Waals surface area contributed by atoms with Gasteiger partial charge in [-0.2, -0.15) is 0 Å². The molecule has 1 amide bonds. The number of rotatable bonds is 6. The Morgan fingerprint density at radius 2 is 2.05 bits per heavy atom. The first kappa shape index (κ1) is 16.4. The Morgan fingerprint density at radius 1 is 1.30 bits per heavy atom. The highest BCUT2D eigenvalue weighted by Gasteiger charge is 2.06. The summed E-state index contributed by atoms with van der Waals surface area (Å²) in [7, 11) is 0. The van der Waals surface area contributed by atoms with Crippen molar-refractivity contribution in [3.8, 4) is 0 Å². The van der Waals surface area contributed by atoms with Crippen molar-refractivity contribution in [1.29, 1.82) is 0 Å². The summed E-state index contributed by atoms with van der Waals surface area (Å²) in [6.07, 6.45) is 6.38. The van der Waals surface area contributed by atoms with Crippen LogP contribution < -0.4 is 26.9 Å². The van der Waals surface area contributed by atoms with E-state index < -0.39 is 0 Å². The van der Waals surface area contributed by atoms with Crippen LogP contribution >= 0.6 is 0 Å². The Kier molecular flexibility index (Phi) is 6.93. The first-order valence-electron chi connectivity index (χ1n) is 6.41. The van der Waals surface area contributed by atoms with Gasteiger partial charge in [-0.3, -0.25) is 4.79 Å². The molecule has 5 nitrogen and oxygen atoms in total. The predicted molar refractivity (Wildman–Crippen MR) is 70.4 cm³/mol. The quantitative estimate of drug-likeness (QED) is 0.547. The lowest BCUT2D eigenvalue weighted by atomic mass is 10.2. The Hall–Kier alpha value is -1.69. The molecule has 1 N–H and O–H groups in total. The summed E-state index contributed by atoms with van der Waals surface area (Å²) < 4.78 is 6.99. The fraction of sp³-hybridized carbons (Fsp3) is 0.357. The average molecular weight is 340 g/mol. The van der Waals surface area contributed by atoms with Gasteiger partial charge in [0, 0.05) is 31.0 Å². The van der Waals surface area contributed by atoms with Crippen LogP contribution in [0.3, 0.4) is 0 Å². The van der Waals surface area contributed by atoms with Gasteiger partial charge in [0.1, 0.15) is 12.3 Å². The highest BCUT2D eigenvalue weighted by molar-refractivity contribution is 5.89.